The molecule has 0 N–H and O–H groups in total. The molecule has 22 heavy (non-hydrogen) atoms. The number of carbonyl (C=O) groups is 2. The van der Waals surface area contributed by atoms with Gasteiger partial charge in [-0.1, -0.05) is 12.2 Å². The number of rotatable bonds is 3. The molecular formula is C16H17N3O3. The smallest absolute Gasteiger partial charge is 0.254 e. The Bertz CT molecular complexity index is 673. The number of anilines is 1. The first-order chi connectivity index (χ1) is 10.6. The molecule has 4 atom stereocenters. The van der Waals surface area contributed by atoms with E-state index in [9.17, 15) is 9.59 Å². The third-order valence-electron chi connectivity index (χ3n) is 4.80. The minimum Gasteiger partial charge on any atom is -0.440 e. The molecule has 2 aliphatic carbocycles. The number of nitrogens with zero attached hydrogens (tertiary/aromatic N) is 3. The maximum absolute atomic E-state index is 12.4. The van der Waals surface area contributed by atoms with Gasteiger partial charge in [0.05, 0.1) is 18.1 Å². The van der Waals surface area contributed by atoms with Crippen molar-refractivity contribution in [2.75, 3.05) is 19.0 Å². The van der Waals surface area contributed by atoms with Crippen molar-refractivity contribution in [1.82, 2.24) is 5.01 Å². The number of furan rings is 1. The normalized spacial score (nSPS) is 32.5. The van der Waals surface area contributed by atoms with Crippen LogP contribution in [0, 0.1) is 23.7 Å². The molecule has 1 aromatic heterocycles. The third-order valence-corrected chi connectivity index (χ3v) is 4.80. The zero-order valence-electron chi connectivity index (χ0n) is 12.5. The predicted molar refractivity (Wildman–Crippen MR) is 80.2 cm³/mol. The minimum absolute atomic E-state index is 0.178. The second-order valence-electron chi connectivity index (χ2n) is 6.30. The molecule has 4 rings (SSSR count). The van der Waals surface area contributed by atoms with Gasteiger partial charge in [-0.2, -0.15) is 10.1 Å². The Morgan fingerprint density at radius 3 is 2.36 bits per heavy atom. The summed E-state index contributed by atoms with van der Waals surface area (Å²) in [4.78, 5) is 26.7. The molecule has 1 aromatic rings. The molecule has 114 valence electrons. The number of fused-ring (bicyclic) bond motifs is 5. The monoisotopic (exact) mass is 299 g/mol. The topological polar surface area (TPSA) is 66.1 Å². The van der Waals surface area contributed by atoms with Gasteiger partial charge < -0.3 is 9.32 Å². The highest BCUT2D eigenvalue weighted by Gasteiger charge is 2.59. The van der Waals surface area contributed by atoms with E-state index in [-0.39, 0.29) is 35.5 Å². The Morgan fingerprint density at radius 1 is 1.18 bits per heavy atom. The number of hydrogen-bond donors (Lipinski definition) is 0. The first-order valence-corrected chi connectivity index (χ1v) is 7.43. The van der Waals surface area contributed by atoms with Crippen LogP contribution in [0.15, 0.2) is 33.8 Å². The summed E-state index contributed by atoms with van der Waals surface area (Å²) in [5.74, 6) is 0.834. The number of amides is 2. The maximum atomic E-state index is 12.4. The highest BCUT2D eigenvalue weighted by Crippen LogP contribution is 2.52. The summed E-state index contributed by atoms with van der Waals surface area (Å²) in [5.41, 5.74) is 0. The van der Waals surface area contributed by atoms with Gasteiger partial charge in [0.2, 0.25) is 0 Å². The molecule has 0 unspecified atom stereocenters. The van der Waals surface area contributed by atoms with Crippen LogP contribution in [0.25, 0.3) is 0 Å². The number of allylic oxidation sites excluding steroid dienone is 2. The quantitative estimate of drug-likeness (QED) is 0.482. The average Bonchev–Trinajstić information content (AvgIpc) is 3.23. The maximum Gasteiger partial charge on any atom is 0.254 e. The van der Waals surface area contributed by atoms with E-state index in [0.29, 0.717) is 11.6 Å². The number of hydrazone groups is 1. The van der Waals surface area contributed by atoms with E-state index in [2.05, 4.69) is 17.3 Å². The van der Waals surface area contributed by atoms with Gasteiger partial charge in [0.1, 0.15) is 5.76 Å². The van der Waals surface area contributed by atoms with Crippen LogP contribution in [0.1, 0.15) is 12.2 Å². The summed E-state index contributed by atoms with van der Waals surface area (Å²) >= 11 is 0. The summed E-state index contributed by atoms with van der Waals surface area (Å²) in [6.07, 6.45) is 6.49. The van der Waals surface area contributed by atoms with Crippen molar-refractivity contribution in [2.24, 2.45) is 28.8 Å². The van der Waals surface area contributed by atoms with Crippen LogP contribution in [0.2, 0.25) is 0 Å². The third kappa shape index (κ3) is 1.76. The van der Waals surface area contributed by atoms with Crippen molar-refractivity contribution in [3.05, 3.63) is 30.0 Å². The second kappa shape index (κ2) is 4.56. The Balaban J connectivity index is 1.55. The van der Waals surface area contributed by atoms with E-state index in [1.807, 2.05) is 25.1 Å². The fourth-order valence-electron chi connectivity index (χ4n) is 3.77. The van der Waals surface area contributed by atoms with Gasteiger partial charge in [-0.3, -0.25) is 9.59 Å². The fraction of sp³-hybridized carbons (Fsp3) is 0.438. The zero-order chi connectivity index (χ0) is 15.4. The fourth-order valence-corrected chi connectivity index (χ4v) is 3.77. The van der Waals surface area contributed by atoms with Crippen molar-refractivity contribution >= 4 is 23.9 Å². The summed E-state index contributed by atoms with van der Waals surface area (Å²) < 4.78 is 5.54. The molecule has 2 fully saturated rings. The lowest BCUT2D eigenvalue weighted by atomic mass is 9.85. The highest BCUT2D eigenvalue weighted by atomic mass is 16.4. The first-order valence-electron chi connectivity index (χ1n) is 7.43. The molecule has 0 spiro atoms. The molecular weight excluding hydrogens is 282 g/mol. The molecule has 1 aliphatic heterocycles. The molecule has 6 nitrogen and oxygen atoms in total. The van der Waals surface area contributed by atoms with Crippen molar-refractivity contribution in [3.8, 4) is 0 Å². The van der Waals surface area contributed by atoms with E-state index >= 15 is 0 Å². The van der Waals surface area contributed by atoms with E-state index in [0.717, 1.165) is 11.4 Å². The Morgan fingerprint density at radius 2 is 1.82 bits per heavy atom. The lowest BCUT2D eigenvalue weighted by Crippen LogP contribution is -2.28. The number of imide groups is 1. The SMILES string of the molecule is CN(C)c1ccc(/C=N\N2C(=O)[C@H]3[C@H](C2=O)[C@H]2C=C[C@H]3C2)o1. The summed E-state index contributed by atoms with van der Waals surface area (Å²) in [6, 6.07) is 3.57. The molecule has 2 heterocycles. The molecule has 2 amide bonds. The molecule has 2 bridgehead atoms. The minimum atomic E-state index is -0.214. The summed E-state index contributed by atoms with van der Waals surface area (Å²) in [6.45, 7) is 0. The van der Waals surface area contributed by atoms with Crippen molar-refractivity contribution in [1.29, 1.82) is 0 Å². The highest BCUT2D eigenvalue weighted by molar-refractivity contribution is 6.06. The molecule has 6 heteroatoms. The van der Waals surface area contributed by atoms with Crippen molar-refractivity contribution in [2.45, 2.75) is 6.42 Å². The van der Waals surface area contributed by atoms with Crippen LogP contribution in [0.4, 0.5) is 5.88 Å². The lowest BCUT2D eigenvalue weighted by Gasteiger charge is -2.13. The van der Waals surface area contributed by atoms with Gasteiger partial charge in [0.15, 0.2) is 5.88 Å². The van der Waals surface area contributed by atoms with Crippen LogP contribution in [0.3, 0.4) is 0 Å². The van der Waals surface area contributed by atoms with Crippen LogP contribution in [-0.2, 0) is 9.59 Å². The van der Waals surface area contributed by atoms with Gasteiger partial charge in [-0.05, 0) is 24.3 Å². The van der Waals surface area contributed by atoms with Crippen LogP contribution < -0.4 is 4.90 Å². The molecule has 0 aromatic carbocycles. The van der Waals surface area contributed by atoms with Crippen LogP contribution in [0.5, 0.6) is 0 Å². The standard InChI is InChI=1S/C16H17N3O3/c1-18(2)12-6-5-11(22-12)8-17-19-15(20)13-9-3-4-10(7-9)14(13)16(19)21/h3-6,8-10,13-14H,7H2,1-2H3/b17-8-/t9-,10-,13+,14+/m0/s1. The largest absolute Gasteiger partial charge is 0.440 e. The summed E-state index contributed by atoms with van der Waals surface area (Å²) in [5, 5.41) is 5.10. The zero-order valence-corrected chi connectivity index (χ0v) is 12.5. The Hall–Kier alpha value is -2.37. The van der Waals surface area contributed by atoms with Gasteiger partial charge in [0, 0.05) is 20.2 Å². The van der Waals surface area contributed by atoms with Gasteiger partial charge in [-0.15, -0.1) is 0 Å². The second-order valence-corrected chi connectivity index (χ2v) is 6.30. The Kier molecular flexibility index (Phi) is 2.76. The van der Waals surface area contributed by atoms with Crippen molar-refractivity contribution in [3.63, 3.8) is 0 Å². The van der Waals surface area contributed by atoms with Gasteiger partial charge in [0.25, 0.3) is 11.8 Å². The Labute approximate surface area is 128 Å². The van der Waals surface area contributed by atoms with Crippen LogP contribution >= 0.6 is 0 Å². The lowest BCUT2D eigenvalue weighted by molar-refractivity contribution is -0.140. The van der Waals surface area contributed by atoms with Gasteiger partial charge in [-0.25, -0.2) is 0 Å². The predicted octanol–water partition coefficient (Wildman–Crippen LogP) is 1.49. The number of carbonyl (C=O) groups excluding carboxylic acids is 2. The van der Waals surface area contributed by atoms with E-state index in [1.165, 1.54) is 6.21 Å². The first kappa shape index (κ1) is 13.3. The molecule has 1 saturated heterocycles. The van der Waals surface area contributed by atoms with E-state index in [4.69, 9.17) is 4.42 Å². The molecule has 3 aliphatic rings. The van der Waals surface area contributed by atoms with E-state index in [1.54, 1.807) is 6.07 Å². The van der Waals surface area contributed by atoms with Crippen LogP contribution in [-0.4, -0.2) is 37.1 Å². The molecule has 1 saturated carbocycles. The average molecular weight is 299 g/mol. The summed E-state index contributed by atoms with van der Waals surface area (Å²) in [7, 11) is 3.74. The van der Waals surface area contributed by atoms with Gasteiger partial charge >= 0.3 is 0 Å². The number of hydrogen-bond acceptors (Lipinski definition) is 5. The molecule has 0 radical (unpaired) electrons. The van der Waals surface area contributed by atoms with E-state index < -0.39 is 0 Å². The van der Waals surface area contributed by atoms with Crippen molar-refractivity contribution < 1.29 is 14.0 Å².